The van der Waals surface area contributed by atoms with Crippen molar-refractivity contribution in [1.29, 1.82) is 0 Å². The molecule has 0 bridgehead atoms. The van der Waals surface area contributed by atoms with Gasteiger partial charge in [-0.2, -0.15) is 0 Å². The minimum absolute atomic E-state index is 0.0671. The molecule has 0 aliphatic rings. The quantitative estimate of drug-likeness (QED) is 0.579. The molecule has 12 heavy (non-hydrogen) atoms. The summed E-state index contributed by atoms with van der Waals surface area (Å²) in [7, 11) is 1.00. The van der Waals surface area contributed by atoms with Crippen LogP contribution in [0.3, 0.4) is 0 Å². The molecular formula is C8H10O4. The summed E-state index contributed by atoms with van der Waals surface area (Å²) in [5.41, 5.74) is -0.0671. The molecule has 0 heterocycles. The number of rotatable bonds is 1. The third-order valence-electron chi connectivity index (χ3n) is 1.13. The van der Waals surface area contributed by atoms with Gasteiger partial charge in [0.1, 0.15) is 11.3 Å². The van der Waals surface area contributed by atoms with Crippen molar-refractivity contribution in [2.45, 2.75) is 0 Å². The Morgan fingerprint density at radius 1 is 1.25 bits per heavy atom. The Balaban J connectivity index is 0.000000561. The molecule has 0 unspecified atom stereocenters. The topological polar surface area (TPSA) is 77.8 Å². The molecule has 4 nitrogen and oxygen atoms in total. The largest absolute Gasteiger partial charge is 0.507 e. The zero-order valence-electron chi connectivity index (χ0n) is 6.56. The second-order valence-corrected chi connectivity index (χ2v) is 1.82. The van der Waals surface area contributed by atoms with E-state index in [4.69, 9.17) is 15.3 Å². The number of hydrogen-bond acceptors (Lipinski definition) is 3. The van der Waals surface area contributed by atoms with E-state index in [9.17, 15) is 4.79 Å². The zero-order chi connectivity index (χ0) is 9.56. The molecule has 0 radical (unpaired) electrons. The number of carboxylic acid groups (broad SMARTS) is 1. The van der Waals surface area contributed by atoms with Crippen LogP contribution >= 0.6 is 0 Å². The van der Waals surface area contributed by atoms with Crippen molar-refractivity contribution in [3.8, 4) is 5.75 Å². The van der Waals surface area contributed by atoms with Gasteiger partial charge in [0.15, 0.2) is 0 Å². The van der Waals surface area contributed by atoms with E-state index in [1.807, 2.05) is 0 Å². The van der Waals surface area contributed by atoms with Crippen molar-refractivity contribution >= 4 is 5.97 Å². The second kappa shape index (κ2) is 5.15. The normalized spacial score (nSPS) is 8.17. The van der Waals surface area contributed by atoms with Crippen LogP contribution in [0, 0.1) is 0 Å². The van der Waals surface area contributed by atoms with Gasteiger partial charge in [0.05, 0.1) is 0 Å². The fourth-order valence-corrected chi connectivity index (χ4v) is 0.654. The number of carbonyl (C=O) groups is 1. The van der Waals surface area contributed by atoms with Gasteiger partial charge in [0.25, 0.3) is 0 Å². The summed E-state index contributed by atoms with van der Waals surface area (Å²) in [4.78, 5) is 10.3. The maximum atomic E-state index is 10.3. The Hall–Kier alpha value is -1.55. The van der Waals surface area contributed by atoms with Gasteiger partial charge in [-0.3, -0.25) is 0 Å². The first-order valence-corrected chi connectivity index (χ1v) is 3.18. The monoisotopic (exact) mass is 170 g/mol. The average Bonchev–Trinajstić information content (AvgIpc) is 2.08. The van der Waals surface area contributed by atoms with Crippen LogP contribution in [0.5, 0.6) is 5.75 Å². The smallest absolute Gasteiger partial charge is 0.339 e. The van der Waals surface area contributed by atoms with Crippen molar-refractivity contribution in [3.63, 3.8) is 0 Å². The summed E-state index contributed by atoms with van der Waals surface area (Å²) in [6, 6.07) is 5.81. The Morgan fingerprint density at radius 3 is 2.08 bits per heavy atom. The van der Waals surface area contributed by atoms with Gasteiger partial charge in [-0.25, -0.2) is 4.79 Å². The maximum Gasteiger partial charge on any atom is 0.339 e. The van der Waals surface area contributed by atoms with Crippen molar-refractivity contribution in [3.05, 3.63) is 29.8 Å². The minimum Gasteiger partial charge on any atom is -0.507 e. The maximum absolute atomic E-state index is 10.3. The molecule has 0 aliphatic heterocycles. The second-order valence-electron chi connectivity index (χ2n) is 1.82. The van der Waals surface area contributed by atoms with E-state index in [1.165, 1.54) is 12.1 Å². The molecule has 1 rings (SSSR count). The molecule has 0 saturated carbocycles. The van der Waals surface area contributed by atoms with E-state index in [0.29, 0.717) is 0 Å². The number of hydrogen-bond donors (Lipinski definition) is 3. The SMILES string of the molecule is CO.O=C(O)c1ccccc1O. The van der Waals surface area contributed by atoms with Crippen LogP contribution in [0.2, 0.25) is 0 Å². The number of aliphatic hydroxyl groups excluding tert-OH is 1. The fourth-order valence-electron chi connectivity index (χ4n) is 0.654. The lowest BCUT2D eigenvalue weighted by Crippen LogP contribution is -1.95. The summed E-state index contributed by atoms with van der Waals surface area (Å²) >= 11 is 0. The average molecular weight is 170 g/mol. The Kier molecular flexibility index (Phi) is 4.48. The first-order chi connectivity index (χ1) is 5.72. The fraction of sp³-hybridized carbons (Fsp3) is 0.125. The van der Waals surface area contributed by atoms with Crippen LogP contribution in [-0.2, 0) is 0 Å². The van der Waals surface area contributed by atoms with Crippen molar-refractivity contribution in [2.75, 3.05) is 7.11 Å². The van der Waals surface area contributed by atoms with Crippen LogP contribution in [0.15, 0.2) is 24.3 Å². The third kappa shape index (κ3) is 2.59. The Bertz CT molecular complexity index is 257. The van der Waals surface area contributed by atoms with Gasteiger partial charge in [0.2, 0.25) is 0 Å². The summed E-state index contributed by atoms with van der Waals surface area (Å²) in [5.74, 6) is -1.31. The van der Waals surface area contributed by atoms with Gasteiger partial charge < -0.3 is 15.3 Å². The third-order valence-corrected chi connectivity index (χ3v) is 1.13. The molecule has 0 spiro atoms. The summed E-state index contributed by atoms with van der Waals surface area (Å²) in [6.07, 6.45) is 0. The Labute approximate surface area is 69.7 Å². The highest BCUT2D eigenvalue weighted by Gasteiger charge is 2.05. The molecule has 0 aliphatic carbocycles. The van der Waals surface area contributed by atoms with E-state index >= 15 is 0 Å². The van der Waals surface area contributed by atoms with Crippen molar-refractivity contribution in [2.24, 2.45) is 0 Å². The predicted octanol–water partition coefficient (Wildman–Crippen LogP) is 0.699. The van der Waals surface area contributed by atoms with E-state index in [0.717, 1.165) is 7.11 Å². The molecule has 0 fully saturated rings. The van der Waals surface area contributed by atoms with E-state index in [1.54, 1.807) is 12.1 Å². The lowest BCUT2D eigenvalue weighted by molar-refractivity contribution is 0.0694. The summed E-state index contributed by atoms with van der Waals surface area (Å²) in [6.45, 7) is 0. The molecule has 0 aromatic heterocycles. The van der Waals surface area contributed by atoms with E-state index < -0.39 is 5.97 Å². The van der Waals surface area contributed by atoms with Crippen LogP contribution in [0.25, 0.3) is 0 Å². The highest BCUT2D eigenvalue weighted by molar-refractivity contribution is 5.90. The number of aliphatic hydroxyl groups is 1. The number of aromatic hydroxyl groups is 1. The lowest BCUT2D eigenvalue weighted by Gasteiger charge is -1.95. The van der Waals surface area contributed by atoms with Crippen LogP contribution < -0.4 is 0 Å². The number of benzene rings is 1. The first-order valence-electron chi connectivity index (χ1n) is 3.18. The molecule has 1 aromatic carbocycles. The van der Waals surface area contributed by atoms with Crippen LogP contribution in [-0.4, -0.2) is 28.4 Å². The Morgan fingerprint density at radius 2 is 1.75 bits per heavy atom. The molecule has 0 saturated heterocycles. The van der Waals surface area contributed by atoms with Crippen LogP contribution in [0.1, 0.15) is 10.4 Å². The van der Waals surface area contributed by atoms with E-state index in [2.05, 4.69) is 0 Å². The summed E-state index contributed by atoms with van der Waals surface area (Å²) < 4.78 is 0. The number of phenols is 1. The van der Waals surface area contributed by atoms with Crippen LogP contribution in [0.4, 0.5) is 0 Å². The number of carboxylic acids is 1. The zero-order valence-corrected chi connectivity index (χ0v) is 6.56. The molecule has 3 N–H and O–H groups in total. The van der Waals surface area contributed by atoms with Gasteiger partial charge in [-0.1, -0.05) is 12.1 Å². The molecular weight excluding hydrogens is 160 g/mol. The molecule has 0 amide bonds. The summed E-state index contributed by atoms with van der Waals surface area (Å²) in [5, 5.41) is 24.3. The van der Waals surface area contributed by atoms with Gasteiger partial charge in [0, 0.05) is 7.11 Å². The predicted molar refractivity (Wildman–Crippen MR) is 43.2 cm³/mol. The first kappa shape index (κ1) is 10.4. The minimum atomic E-state index is -1.11. The van der Waals surface area contributed by atoms with E-state index in [-0.39, 0.29) is 11.3 Å². The standard InChI is InChI=1S/C7H6O3.CH4O/c8-6-4-2-1-3-5(6)7(9)10;1-2/h1-4,8H,(H,9,10);2H,1H3. The van der Waals surface area contributed by atoms with Crippen molar-refractivity contribution < 1.29 is 20.1 Å². The number of para-hydroxylation sites is 1. The molecule has 1 aromatic rings. The molecule has 0 atom stereocenters. The molecule has 4 heteroatoms. The van der Waals surface area contributed by atoms with Crippen molar-refractivity contribution in [1.82, 2.24) is 0 Å². The lowest BCUT2D eigenvalue weighted by atomic mass is 10.2. The molecule has 66 valence electrons. The highest BCUT2D eigenvalue weighted by Crippen LogP contribution is 2.14. The van der Waals surface area contributed by atoms with Gasteiger partial charge >= 0.3 is 5.97 Å². The highest BCUT2D eigenvalue weighted by atomic mass is 16.4. The van der Waals surface area contributed by atoms with Gasteiger partial charge in [-0.15, -0.1) is 0 Å². The number of aromatic carboxylic acids is 1. The van der Waals surface area contributed by atoms with Gasteiger partial charge in [-0.05, 0) is 12.1 Å².